The van der Waals surface area contributed by atoms with Gasteiger partial charge in [0.2, 0.25) is 0 Å². The van der Waals surface area contributed by atoms with Gasteiger partial charge in [0.25, 0.3) is 0 Å². The molecule has 0 radical (unpaired) electrons. The molecule has 0 aliphatic carbocycles. The Kier molecular flexibility index (Phi) is 4.11. The molecule has 2 rings (SSSR count). The van der Waals surface area contributed by atoms with Crippen molar-refractivity contribution in [1.82, 2.24) is 14.9 Å². The second kappa shape index (κ2) is 5.63. The standard InChI is InChI=1S/C11H11Cl2FN4O/c12-5-10-17-8-4-7(14)6(13)3-9(8)18(10)2-1-16-11(15)19/h3-4H,1-2,5H2,(H3,15,16,19). The molecule has 0 fully saturated rings. The fourth-order valence-corrected chi connectivity index (χ4v) is 2.17. The van der Waals surface area contributed by atoms with Crippen LogP contribution in [0.4, 0.5) is 9.18 Å². The predicted molar refractivity (Wildman–Crippen MR) is 71.8 cm³/mol. The molecule has 0 aliphatic heterocycles. The van der Waals surface area contributed by atoms with E-state index in [1.165, 1.54) is 12.1 Å². The van der Waals surface area contributed by atoms with Crippen molar-refractivity contribution in [3.63, 3.8) is 0 Å². The van der Waals surface area contributed by atoms with Crippen molar-refractivity contribution in [2.45, 2.75) is 12.4 Å². The highest BCUT2D eigenvalue weighted by Gasteiger charge is 2.13. The summed E-state index contributed by atoms with van der Waals surface area (Å²) in [6, 6.07) is 2.13. The molecule has 2 amide bonds. The number of nitrogens with one attached hydrogen (secondary N) is 1. The summed E-state index contributed by atoms with van der Waals surface area (Å²) in [7, 11) is 0. The smallest absolute Gasteiger partial charge is 0.312 e. The summed E-state index contributed by atoms with van der Waals surface area (Å²) in [5, 5.41) is 2.48. The molecular weight excluding hydrogens is 294 g/mol. The molecule has 0 aliphatic rings. The summed E-state index contributed by atoms with van der Waals surface area (Å²) in [5.41, 5.74) is 6.12. The van der Waals surface area contributed by atoms with Gasteiger partial charge in [0.05, 0.1) is 21.9 Å². The Morgan fingerprint density at radius 1 is 1.53 bits per heavy atom. The zero-order chi connectivity index (χ0) is 14.0. The number of primary amides is 1. The van der Waals surface area contributed by atoms with E-state index in [4.69, 9.17) is 28.9 Å². The molecule has 3 N–H and O–H groups in total. The summed E-state index contributed by atoms with van der Waals surface area (Å²) in [5.74, 6) is 0.213. The van der Waals surface area contributed by atoms with E-state index in [0.29, 0.717) is 29.9 Å². The van der Waals surface area contributed by atoms with Crippen LogP contribution in [0, 0.1) is 5.82 Å². The molecule has 1 aromatic heterocycles. The van der Waals surface area contributed by atoms with E-state index in [9.17, 15) is 9.18 Å². The second-order valence-corrected chi connectivity index (χ2v) is 4.53. The molecule has 2 aromatic rings. The normalized spacial score (nSPS) is 10.9. The lowest BCUT2D eigenvalue weighted by molar-refractivity contribution is 0.248. The summed E-state index contributed by atoms with van der Waals surface area (Å²) < 4.78 is 15.1. The van der Waals surface area contributed by atoms with Crippen LogP contribution in [0.5, 0.6) is 0 Å². The van der Waals surface area contributed by atoms with E-state index in [0.717, 1.165) is 0 Å². The molecule has 0 unspecified atom stereocenters. The van der Waals surface area contributed by atoms with Gasteiger partial charge in [0, 0.05) is 19.2 Å². The quantitative estimate of drug-likeness (QED) is 0.850. The van der Waals surface area contributed by atoms with E-state index in [1.54, 1.807) is 4.57 Å². The van der Waals surface area contributed by atoms with Gasteiger partial charge in [0.1, 0.15) is 11.6 Å². The lowest BCUT2D eigenvalue weighted by Crippen LogP contribution is -2.32. The molecule has 0 atom stereocenters. The highest BCUT2D eigenvalue weighted by Crippen LogP contribution is 2.24. The fourth-order valence-electron chi connectivity index (χ4n) is 1.81. The number of hydrogen-bond donors (Lipinski definition) is 2. The Morgan fingerprint density at radius 3 is 2.89 bits per heavy atom. The van der Waals surface area contributed by atoms with Gasteiger partial charge >= 0.3 is 6.03 Å². The van der Waals surface area contributed by atoms with E-state index >= 15 is 0 Å². The molecular formula is C11H11Cl2FN4O. The van der Waals surface area contributed by atoms with Gasteiger partial charge in [0.15, 0.2) is 0 Å². The number of aromatic nitrogens is 2. The Bertz CT molecular complexity index is 629. The maximum absolute atomic E-state index is 13.4. The van der Waals surface area contributed by atoms with Crippen molar-refractivity contribution in [3.05, 3.63) is 28.8 Å². The topological polar surface area (TPSA) is 72.9 Å². The zero-order valence-corrected chi connectivity index (χ0v) is 11.3. The molecule has 8 heteroatoms. The van der Waals surface area contributed by atoms with Crippen LogP contribution in [-0.4, -0.2) is 22.1 Å². The van der Waals surface area contributed by atoms with Crippen molar-refractivity contribution in [1.29, 1.82) is 0 Å². The number of urea groups is 1. The average molecular weight is 305 g/mol. The molecule has 0 saturated heterocycles. The number of carbonyl (C=O) groups is 1. The largest absolute Gasteiger partial charge is 0.352 e. The number of amides is 2. The molecule has 0 saturated carbocycles. The monoisotopic (exact) mass is 304 g/mol. The van der Waals surface area contributed by atoms with Crippen molar-refractivity contribution in [2.24, 2.45) is 5.73 Å². The summed E-state index contributed by atoms with van der Waals surface area (Å²) in [6.07, 6.45) is 0. The van der Waals surface area contributed by atoms with Crippen LogP contribution in [0.15, 0.2) is 12.1 Å². The fraction of sp³-hybridized carbons (Fsp3) is 0.273. The third-order valence-corrected chi connectivity index (χ3v) is 3.15. The van der Waals surface area contributed by atoms with Gasteiger partial charge < -0.3 is 15.6 Å². The van der Waals surface area contributed by atoms with E-state index in [2.05, 4.69) is 10.3 Å². The van der Waals surface area contributed by atoms with Gasteiger partial charge in [-0.2, -0.15) is 0 Å². The second-order valence-electron chi connectivity index (χ2n) is 3.86. The minimum atomic E-state index is -0.610. The molecule has 1 heterocycles. The lowest BCUT2D eigenvalue weighted by Gasteiger charge is -2.08. The van der Waals surface area contributed by atoms with Crippen molar-refractivity contribution < 1.29 is 9.18 Å². The predicted octanol–water partition coefficient (Wildman–Crippen LogP) is 2.24. The number of carbonyl (C=O) groups excluding carboxylic acids is 1. The number of nitrogens with two attached hydrogens (primary N) is 1. The Morgan fingerprint density at radius 2 is 2.26 bits per heavy atom. The number of benzene rings is 1. The van der Waals surface area contributed by atoms with Crippen LogP contribution in [-0.2, 0) is 12.4 Å². The summed E-state index contributed by atoms with van der Waals surface area (Å²) in [6.45, 7) is 0.739. The first-order valence-corrected chi connectivity index (χ1v) is 6.37. The molecule has 0 bridgehead atoms. The van der Waals surface area contributed by atoms with Crippen LogP contribution >= 0.6 is 23.2 Å². The van der Waals surface area contributed by atoms with Gasteiger partial charge in [-0.05, 0) is 6.07 Å². The third-order valence-electron chi connectivity index (χ3n) is 2.62. The number of imidazole rings is 1. The SMILES string of the molecule is NC(=O)NCCn1c(CCl)nc2cc(F)c(Cl)cc21. The maximum atomic E-state index is 13.4. The summed E-state index contributed by atoms with van der Waals surface area (Å²) >= 11 is 11.6. The lowest BCUT2D eigenvalue weighted by atomic mass is 10.3. The molecule has 1 aromatic carbocycles. The van der Waals surface area contributed by atoms with Crippen molar-refractivity contribution in [2.75, 3.05) is 6.54 Å². The van der Waals surface area contributed by atoms with E-state index in [-0.39, 0.29) is 10.9 Å². The molecule has 0 spiro atoms. The number of alkyl halides is 1. The third kappa shape index (κ3) is 2.90. The number of rotatable bonds is 4. The Balaban J connectivity index is 2.39. The van der Waals surface area contributed by atoms with Gasteiger partial charge in [-0.25, -0.2) is 14.2 Å². The molecule has 102 valence electrons. The number of nitrogens with zero attached hydrogens (tertiary/aromatic N) is 2. The van der Waals surface area contributed by atoms with Crippen molar-refractivity contribution in [3.8, 4) is 0 Å². The van der Waals surface area contributed by atoms with Crippen LogP contribution in [0.3, 0.4) is 0 Å². The number of halogens is 3. The number of hydrogen-bond acceptors (Lipinski definition) is 2. The average Bonchev–Trinajstić information content (AvgIpc) is 2.67. The first-order chi connectivity index (χ1) is 9.02. The van der Waals surface area contributed by atoms with Gasteiger partial charge in [-0.15, -0.1) is 11.6 Å². The minimum absolute atomic E-state index is 0.0117. The Hall–Kier alpha value is -1.53. The van der Waals surface area contributed by atoms with Crippen LogP contribution in [0.1, 0.15) is 5.82 Å². The molecule has 5 nitrogen and oxygen atoms in total. The first-order valence-electron chi connectivity index (χ1n) is 5.46. The van der Waals surface area contributed by atoms with Crippen LogP contribution < -0.4 is 11.1 Å². The molecule has 19 heavy (non-hydrogen) atoms. The highest BCUT2D eigenvalue weighted by atomic mass is 35.5. The van der Waals surface area contributed by atoms with Gasteiger partial charge in [-0.1, -0.05) is 11.6 Å². The van der Waals surface area contributed by atoms with E-state index in [1.807, 2.05) is 0 Å². The minimum Gasteiger partial charge on any atom is -0.352 e. The Labute approximate surface area is 118 Å². The first kappa shape index (κ1) is 13.9. The van der Waals surface area contributed by atoms with Crippen LogP contribution in [0.25, 0.3) is 11.0 Å². The highest BCUT2D eigenvalue weighted by molar-refractivity contribution is 6.31. The van der Waals surface area contributed by atoms with E-state index < -0.39 is 11.8 Å². The number of fused-ring (bicyclic) bond motifs is 1. The van der Waals surface area contributed by atoms with Crippen molar-refractivity contribution >= 4 is 40.3 Å². The van der Waals surface area contributed by atoms with Crippen LogP contribution in [0.2, 0.25) is 5.02 Å². The maximum Gasteiger partial charge on any atom is 0.312 e. The van der Waals surface area contributed by atoms with Gasteiger partial charge in [-0.3, -0.25) is 0 Å². The summed E-state index contributed by atoms with van der Waals surface area (Å²) in [4.78, 5) is 14.9. The zero-order valence-electron chi connectivity index (χ0n) is 9.79.